The molecule has 1 N–H and O–H groups in total. The second-order valence-electron chi connectivity index (χ2n) is 6.35. The Balaban J connectivity index is 2.00. The standard InChI is InChI=1S/C18H23F3N2O2/c1-2-3-9-22-17(25)14-7-8-16(24)23(12-14)11-13-5-4-6-15(10-13)18(19,20)21/h4-6,10,14H,2-3,7-9,11-12H2,1H3,(H,22,25)/t14-/m1/s1. The van der Waals surface area contributed by atoms with Gasteiger partial charge in [-0.25, -0.2) is 0 Å². The first-order valence-electron chi connectivity index (χ1n) is 8.53. The van der Waals surface area contributed by atoms with Crippen LogP contribution in [0.15, 0.2) is 24.3 Å². The molecule has 1 fully saturated rings. The largest absolute Gasteiger partial charge is 0.416 e. The maximum Gasteiger partial charge on any atom is 0.416 e. The third-order valence-corrected chi connectivity index (χ3v) is 4.33. The van der Waals surface area contributed by atoms with Crippen LogP contribution in [-0.4, -0.2) is 29.8 Å². The van der Waals surface area contributed by atoms with E-state index in [1.165, 1.54) is 11.0 Å². The first-order chi connectivity index (χ1) is 11.8. The van der Waals surface area contributed by atoms with Crippen molar-refractivity contribution in [1.82, 2.24) is 10.2 Å². The number of nitrogens with zero attached hydrogens (tertiary/aromatic N) is 1. The lowest BCUT2D eigenvalue weighted by atomic mass is 9.96. The van der Waals surface area contributed by atoms with Crippen LogP contribution in [-0.2, 0) is 22.3 Å². The number of rotatable bonds is 6. The molecule has 25 heavy (non-hydrogen) atoms. The molecule has 0 unspecified atom stereocenters. The molecule has 7 heteroatoms. The molecule has 0 aliphatic carbocycles. The average molecular weight is 356 g/mol. The van der Waals surface area contributed by atoms with Crippen LogP contribution in [0.4, 0.5) is 13.2 Å². The van der Waals surface area contributed by atoms with Gasteiger partial charge >= 0.3 is 6.18 Å². The number of benzene rings is 1. The number of unbranched alkanes of at least 4 members (excludes halogenated alkanes) is 1. The number of amides is 2. The zero-order valence-electron chi connectivity index (χ0n) is 14.2. The first kappa shape index (κ1) is 19.3. The summed E-state index contributed by atoms with van der Waals surface area (Å²) in [5.74, 6) is -0.523. The lowest BCUT2D eigenvalue weighted by Gasteiger charge is -2.32. The van der Waals surface area contributed by atoms with E-state index < -0.39 is 11.7 Å². The molecule has 138 valence electrons. The van der Waals surface area contributed by atoms with Gasteiger partial charge in [0.15, 0.2) is 0 Å². The summed E-state index contributed by atoms with van der Waals surface area (Å²) in [5.41, 5.74) is -0.321. The van der Waals surface area contributed by atoms with Gasteiger partial charge in [-0.05, 0) is 30.5 Å². The minimum absolute atomic E-state index is 0.0848. The highest BCUT2D eigenvalue weighted by Crippen LogP contribution is 2.30. The van der Waals surface area contributed by atoms with Gasteiger partial charge in [0.25, 0.3) is 0 Å². The van der Waals surface area contributed by atoms with E-state index >= 15 is 0 Å². The fraction of sp³-hybridized carbons (Fsp3) is 0.556. The Labute approximate surface area is 145 Å². The number of carbonyl (C=O) groups excluding carboxylic acids is 2. The highest BCUT2D eigenvalue weighted by Gasteiger charge is 2.32. The molecular weight excluding hydrogens is 333 g/mol. The van der Waals surface area contributed by atoms with Gasteiger partial charge in [0.1, 0.15) is 0 Å². The van der Waals surface area contributed by atoms with Crippen LogP contribution >= 0.6 is 0 Å². The fourth-order valence-electron chi connectivity index (χ4n) is 2.88. The van der Waals surface area contributed by atoms with Crippen molar-refractivity contribution in [1.29, 1.82) is 0 Å². The lowest BCUT2D eigenvalue weighted by molar-refractivity contribution is -0.139. The number of carbonyl (C=O) groups is 2. The first-order valence-corrected chi connectivity index (χ1v) is 8.53. The monoisotopic (exact) mass is 356 g/mol. The summed E-state index contributed by atoms with van der Waals surface area (Å²) < 4.78 is 38.4. The molecule has 4 nitrogen and oxygen atoms in total. The summed E-state index contributed by atoms with van der Waals surface area (Å²) in [6.45, 7) is 2.96. The van der Waals surface area contributed by atoms with Gasteiger partial charge in [0.2, 0.25) is 11.8 Å². The molecule has 1 aromatic carbocycles. The highest BCUT2D eigenvalue weighted by atomic mass is 19.4. The molecule has 2 rings (SSSR count). The van der Waals surface area contributed by atoms with Crippen molar-refractivity contribution in [3.05, 3.63) is 35.4 Å². The smallest absolute Gasteiger partial charge is 0.356 e. The van der Waals surface area contributed by atoms with Crippen LogP contribution in [0.2, 0.25) is 0 Å². The van der Waals surface area contributed by atoms with E-state index in [-0.39, 0.29) is 37.2 Å². The van der Waals surface area contributed by atoms with Crippen LogP contribution < -0.4 is 5.32 Å². The van der Waals surface area contributed by atoms with Crippen molar-refractivity contribution in [2.75, 3.05) is 13.1 Å². The van der Waals surface area contributed by atoms with Gasteiger partial charge < -0.3 is 10.2 Å². The maximum atomic E-state index is 12.8. The summed E-state index contributed by atoms with van der Waals surface area (Å²) >= 11 is 0. The van der Waals surface area contributed by atoms with Crippen molar-refractivity contribution in [3.63, 3.8) is 0 Å². The number of nitrogens with one attached hydrogen (secondary N) is 1. The Hall–Kier alpha value is -2.05. The second kappa shape index (κ2) is 8.36. The molecule has 1 aromatic rings. The number of piperidine rings is 1. The normalized spacial score (nSPS) is 18.3. The van der Waals surface area contributed by atoms with E-state index in [1.807, 2.05) is 6.92 Å². The molecule has 0 bridgehead atoms. The van der Waals surface area contributed by atoms with E-state index in [0.29, 0.717) is 18.5 Å². The quantitative estimate of drug-likeness (QED) is 0.795. The van der Waals surface area contributed by atoms with Gasteiger partial charge in [0.05, 0.1) is 11.5 Å². The van der Waals surface area contributed by atoms with Crippen molar-refractivity contribution in [3.8, 4) is 0 Å². The van der Waals surface area contributed by atoms with Crippen LogP contribution in [0.3, 0.4) is 0 Å². The Morgan fingerprint density at radius 3 is 2.80 bits per heavy atom. The predicted molar refractivity (Wildman–Crippen MR) is 87.5 cm³/mol. The summed E-state index contributed by atoms with van der Waals surface area (Å²) in [6, 6.07) is 4.96. The van der Waals surface area contributed by atoms with E-state index in [9.17, 15) is 22.8 Å². The van der Waals surface area contributed by atoms with Crippen LogP contribution in [0.5, 0.6) is 0 Å². The summed E-state index contributed by atoms with van der Waals surface area (Å²) in [5, 5.41) is 2.86. The van der Waals surface area contributed by atoms with Gasteiger partial charge in [0, 0.05) is 26.1 Å². The van der Waals surface area contributed by atoms with Crippen LogP contribution in [0.1, 0.15) is 43.7 Å². The fourth-order valence-corrected chi connectivity index (χ4v) is 2.88. The Morgan fingerprint density at radius 1 is 1.36 bits per heavy atom. The number of hydrogen-bond donors (Lipinski definition) is 1. The van der Waals surface area contributed by atoms with E-state index in [2.05, 4.69) is 5.32 Å². The SMILES string of the molecule is CCCCNC(=O)[C@@H]1CCC(=O)N(Cc2cccc(C(F)(F)F)c2)C1. The third kappa shape index (κ3) is 5.47. The second-order valence-corrected chi connectivity index (χ2v) is 6.35. The molecule has 0 saturated carbocycles. The van der Waals surface area contributed by atoms with Crippen LogP contribution in [0.25, 0.3) is 0 Å². The molecule has 1 saturated heterocycles. The zero-order chi connectivity index (χ0) is 18.4. The molecule has 0 aromatic heterocycles. The van der Waals surface area contributed by atoms with Gasteiger partial charge in [-0.2, -0.15) is 13.2 Å². The zero-order valence-corrected chi connectivity index (χ0v) is 14.2. The Bertz CT molecular complexity index is 617. The van der Waals surface area contributed by atoms with Crippen molar-refractivity contribution in [2.45, 2.75) is 45.3 Å². The number of hydrogen-bond acceptors (Lipinski definition) is 2. The predicted octanol–water partition coefficient (Wildman–Crippen LogP) is 3.36. The summed E-state index contributed by atoms with van der Waals surface area (Å²) in [6.07, 6.45) is -1.82. The van der Waals surface area contributed by atoms with Gasteiger partial charge in [-0.15, -0.1) is 0 Å². The minimum atomic E-state index is -4.41. The molecule has 1 aliphatic heterocycles. The molecule has 0 spiro atoms. The lowest BCUT2D eigenvalue weighted by Crippen LogP contribution is -2.45. The maximum absolute atomic E-state index is 12.8. The van der Waals surface area contributed by atoms with E-state index in [0.717, 1.165) is 25.0 Å². The average Bonchev–Trinajstić information content (AvgIpc) is 2.56. The Kier molecular flexibility index (Phi) is 6.45. The Morgan fingerprint density at radius 2 is 2.12 bits per heavy atom. The number of likely N-dealkylation sites (tertiary alicyclic amines) is 1. The van der Waals surface area contributed by atoms with Crippen LogP contribution in [0, 0.1) is 5.92 Å². The van der Waals surface area contributed by atoms with Crippen molar-refractivity contribution in [2.24, 2.45) is 5.92 Å². The highest BCUT2D eigenvalue weighted by molar-refractivity contribution is 5.83. The van der Waals surface area contributed by atoms with Gasteiger partial charge in [-0.3, -0.25) is 9.59 Å². The topological polar surface area (TPSA) is 49.4 Å². The molecule has 1 heterocycles. The minimum Gasteiger partial charge on any atom is -0.356 e. The molecule has 0 radical (unpaired) electrons. The van der Waals surface area contributed by atoms with E-state index in [4.69, 9.17) is 0 Å². The van der Waals surface area contributed by atoms with Gasteiger partial charge in [-0.1, -0.05) is 25.5 Å². The molecule has 1 aliphatic rings. The number of alkyl halides is 3. The molecular formula is C18H23F3N2O2. The third-order valence-electron chi connectivity index (χ3n) is 4.33. The molecule has 1 atom stereocenters. The summed E-state index contributed by atoms with van der Waals surface area (Å²) in [4.78, 5) is 25.7. The van der Waals surface area contributed by atoms with E-state index in [1.54, 1.807) is 6.07 Å². The summed E-state index contributed by atoms with van der Waals surface area (Å²) in [7, 11) is 0. The molecule has 2 amide bonds. The van der Waals surface area contributed by atoms with Crippen molar-refractivity contribution < 1.29 is 22.8 Å². The number of halogens is 3. The van der Waals surface area contributed by atoms with Crippen molar-refractivity contribution >= 4 is 11.8 Å².